The van der Waals surface area contributed by atoms with Crippen LogP contribution in [0.4, 0.5) is 10.5 Å². The number of aliphatic hydroxyl groups excluding tert-OH is 1. The van der Waals surface area contributed by atoms with E-state index in [-0.39, 0.29) is 23.7 Å². The number of rotatable bonds is 2. The van der Waals surface area contributed by atoms with Gasteiger partial charge in [0, 0.05) is 31.8 Å². The van der Waals surface area contributed by atoms with Gasteiger partial charge in [0.05, 0.1) is 18.9 Å². The van der Waals surface area contributed by atoms with E-state index in [1.807, 2.05) is 0 Å². The number of aliphatic hydroxyl groups is 1. The molecule has 0 saturated carbocycles. The average Bonchev–Trinajstić information content (AvgIpc) is 2.66. The quantitative estimate of drug-likeness (QED) is 0.801. The molecule has 19 heavy (non-hydrogen) atoms. The van der Waals surface area contributed by atoms with E-state index < -0.39 is 0 Å². The molecule has 0 aromatic carbocycles. The lowest BCUT2D eigenvalue weighted by atomic mass is 10.2. The molecule has 2 N–H and O–H groups in total. The highest BCUT2D eigenvalue weighted by atomic mass is 35.5. The molecule has 1 aliphatic heterocycles. The van der Waals surface area contributed by atoms with E-state index in [1.54, 1.807) is 23.2 Å². The second-order valence-corrected chi connectivity index (χ2v) is 4.70. The number of ether oxygens (including phenoxy) is 1. The first kappa shape index (κ1) is 14.0. The van der Waals surface area contributed by atoms with Crippen molar-refractivity contribution in [1.29, 1.82) is 0 Å². The predicted octanol–water partition coefficient (Wildman–Crippen LogP) is 1.21. The van der Waals surface area contributed by atoms with Gasteiger partial charge >= 0.3 is 6.03 Å². The zero-order valence-corrected chi connectivity index (χ0v) is 11.1. The zero-order chi connectivity index (χ0) is 13.7. The first-order valence-electron chi connectivity index (χ1n) is 6.05. The van der Waals surface area contributed by atoms with Crippen LogP contribution in [0.1, 0.15) is 0 Å². The summed E-state index contributed by atoms with van der Waals surface area (Å²) < 4.78 is 5.33. The number of aromatic nitrogens is 1. The topological polar surface area (TPSA) is 74.7 Å². The van der Waals surface area contributed by atoms with E-state index in [0.717, 1.165) is 0 Å². The minimum atomic E-state index is -0.265. The summed E-state index contributed by atoms with van der Waals surface area (Å²) in [5.41, 5.74) is 0.472. The molecular formula is C12H16ClN3O3. The number of anilines is 1. The lowest BCUT2D eigenvalue weighted by molar-refractivity contribution is 0.0958. The van der Waals surface area contributed by atoms with E-state index in [1.165, 1.54) is 0 Å². The van der Waals surface area contributed by atoms with E-state index in [0.29, 0.717) is 32.0 Å². The van der Waals surface area contributed by atoms with Crippen LogP contribution in [0.3, 0.4) is 0 Å². The molecule has 7 heteroatoms. The summed E-state index contributed by atoms with van der Waals surface area (Å²) in [6.45, 7) is 1.87. The number of amides is 2. The van der Waals surface area contributed by atoms with Crippen molar-refractivity contribution >= 4 is 23.3 Å². The number of carbonyl (C=O) groups is 1. The van der Waals surface area contributed by atoms with Gasteiger partial charge in [-0.05, 0) is 12.1 Å². The van der Waals surface area contributed by atoms with Gasteiger partial charge in [0.1, 0.15) is 0 Å². The number of hydrogen-bond acceptors (Lipinski definition) is 4. The summed E-state index contributed by atoms with van der Waals surface area (Å²) in [6.07, 6.45) is 1.56. The second-order valence-electron chi connectivity index (χ2n) is 4.34. The van der Waals surface area contributed by atoms with E-state index >= 15 is 0 Å². The fraction of sp³-hybridized carbons (Fsp3) is 0.500. The molecule has 0 bridgehead atoms. The Kier molecular flexibility index (Phi) is 4.95. The first-order valence-corrected chi connectivity index (χ1v) is 6.43. The predicted molar refractivity (Wildman–Crippen MR) is 71.2 cm³/mol. The van der Waals surface area contributed by atoms with Gasteiger partial charge in [-0.2, -0.15) is 0 Å². The Balaban J connectivity index is 2.00. The summed E-state index contributed by atoms with van der Waals surface area (Å²) in [4.78, 5) is 17.6. The average molecular weight is 286 g/mol. The molecule has 0 spiro atoms. The van der Waals surface area contributed by atoms with Crippen LogP contribution in [0.15, 0.2) is 18.3 Å². The first-order chi connectivity index (χ1) is 9.20. The fourth-order valence-corrected chi connectivity index (χ4v) is 2.02. The molecule has 1 saturated heterocycles. The highest BCUT2D eigenvalue weighted by molar-refractivity contribution is 6.32. The number of hydrogen-bond donors (Lipinski definition) is 2. The number of halogens is 1. The Morgan fingerprint density at radius 3 is 3.26 bits per heavy atom. The SMILES string of the molecule is O=C(Nc1cccnc1Cl)N1CCOC[C@H](CO)C1. The normalized spacial score (nSPS) is 19.9. The fourth-order valence-electron chi connectivity index (χ4n) is 1.85. The molecule has 1 aromatic rings. The highest BCUT2D eigenvalue weighted by Crippen LogP contribution is 2.18. The van der Waals surface area contributed by atoms with Crippen LogP contribution in [-0.2, 0) is 4.74 Å². The number of nitrogens with zero attached hydrogens (tertiary/aromatic N) is 2. The molecule has 6 nitrogen and oxygen atoms in total. The van der Waals surface area contributed by atoms with Gasteiger partial charge in [-0.1, -0.05) is 11.6 Å². The lowest BCUT2D eigenvalue weighted by Crippen LogP contribution is -2.39. The third-order valence-electron chi connectivity index (χ3n) is 2.88. The molecule has 1 atom stereocenters. The van der Waals surface area contributed by atoms with Crippen LogP contribution in [0.2, 0.25) is 5.15 Å². The Morgan fingerprint density at radius 2 is 2.53 bits per heavy atom. The number of pyridine rings is 1. The summed E-state index contributed by atoms with van der Waals surface area (Å²) in [6, 6.07) is 3.12. The lowest BCUT2D eigenvalue weighted by Gasteiger charge is -2.23. The minimum absolute atomic E-state index is 0.00255. The Morgan fingerprint density at radius 1 is 1.68 bits per heavy atom. The van der Waals surface area contributed by atoms with Crippen LogP contribution < -0.4 is 5.32 Å². The summed E-state index contributed by atoms with van der Waals surface area (Å²) >= 11 is 5.89. The van der Waals surface area contributed by atoms with Gasteiger partial charge in [-0.15, -0.1) is 0 Å². The molecule has 2 heterocycles. The highest BCUT2D eigenvalue weighted by Gasteiger charge is 2.22. The Bertz CT molecular complexity index is 444. The second kappa shape index (κ2) is 6.70. The largest absolute Gasteiger partial charge is 0.396 e. The van der Waals surface area contributed by atoms with Crippen molar-refractivity contribution in [3.63, 3.8) is 0 Å². The van der Waals surface area contributed by atoms with E-state index in [2.05, 4.69) is 10.3 Å². The van der Waals surface area contributed by atoms with Crippen molar-refractivity contribution in [3.8, 4) is 0 Å². The number of carbonyl (C=O) groups excluding carboxylic acids is 1. The van der Waals surface area contributed by atoms with Gasteiger partial charge in [0.25, 0.3) is 0 Å². The number of urea groups is 1. The molecule has 2 rings (SSSR count). The van der Waals surface area contributed by atoms with Crippen LogP contribution in [0, 0.1) is 5.92 Å². The third-order valence-corrected chi connectivity index (χ3v) is 3.18. The maximum absolute atomic E-state index is 12.1. The maximum atomic E-state index is 12.1. The molecule has 2 amide bonds. The zero-order valence-electron chi connectivity index (χ0n) is 10.4. The van der Waals surface area contributed by atoms with Crippen molar-refractivity contribution < 1.29 is 14.6 Å². The van der Waals surface area contributed by atoms with Crippen molar-refractivity contribution in [1.82, 2.24) is 9.88 Å². The molecule has 1 aliphatic rings. The van der Waals surface area contributed by atoms with Gasteiger partial charge in [-0.3, -0.25) is 0 Å². The molecule has 1 aromatic heterocycles. The molecule has 1 fully saturated rings. The molecule has 0 radical (unpaired) electrons. The van der Waals surface area contributed by atoms with Crippen molar-refractivity contribution in [2.24, 2.45) is 5.92 Å². The van der Waals surface area contributed by atoms with Gasteiger partial charge < -0.3 is 20.1 Å². The van der Waals surface area contributed by atoms with Crippen molar-refractivity contribution in [2.75, 3.05) is 38.2 Å². The standard InChI is InChI=1S/C12H16ClN3O3/c13-11-10(2-1-3-14-11)15-12(18)16-4-5-19-8-9(6-16)7-17/h1-3,9,17H,4-8H2,(H,15,18)/t9-/m0/s1. The molecular weight excluding hydrogens is 270 g/mol. The van der Waals surface area contributed by atoms with Gasteiger partial charge in [-0.25, -0.2) is 9.78 Å². The summed E-state index contributed by atoms with van der Waals surface area (Å²) in [5.74, 6) is -0.0578. The monoisotopic (exact) mass is 285 g/mol. The van der Waals surface area contributed by atoms with E-state index in [4.69, 9.17) is 16.3 Å². The summed E-state index contributed by atoms with van der Waals surface area (Å²) in [7, 11) is 0. The van der Waals surface area contributed by atoms with Crippen LogP contribution in [0.5, 0.6) is 0 Å². The van der Waals surface area contributed by atoms with E-state index in [9.17, 15) is 9.90 Å². The van der Waals surface area contributed by atoms with Crippen LogP contribution >= 0.6 is 11.6 Å². The Labute approximate surface area is 116 Å². The van der Waals surface area contributed by atoms with Gasteiger partial charge in [0.2, 0.25) is 0 Å². The summed E-state index contributed by atoms with van der Waals surface area (Å²) in [5, 5.41) is 12.1. The van der Waals surface area contributed by atoms with Crippen LogP contribution in [0.25, 0.3) is 0 Å². The Hall–Kier alpha value is -1.37. The maximum Gasteiger partial charge on any atom is 0.322 e. The minimum Gasteiger partial charge on any atom is -0.396 e. The van der Waals surface area contributed by atoms with Gasteiger partial charge in [0.15, 0.2) is 5.15 Å². The smallest absolute Gasteiger partial charge is 0.322 e. The van der Waals surface area contributed by atoms with Crippen molar-refractivity contribution in [2.45, 2.75) is 0 Å². The molecule has 104 valence electrons. The van der Waals surface area contributed by atoms with Crippen molar-refractivity contribution in [3.05, 3.63) is 23.5 Å². The molecule has 0 aliphatic carbocycles. The molecule has 0 unspecified atom stereocenters. The third kappa shape index (κ3) is 3.79. The number of nitrogens with one attached hydrogen (secondary N) is 1. The van der Waals surface area contributed by atoms with Crippen LogP contribution in [-0.4, -0.2) is 53.9 Å².